The van der Waals surface area contributed by atoms with Crippen molar-refractivity contribution in [3.63, 3.8) is 0 Å². The largest absolute Gasteiger partial charge is 0.354 e. The Labute approximate surface area is 163 Å². The molecular weight excluding hydrogens is 352 g/mol. The van der Waals surface area contributed by atoms with Gasteiger partial charge >= 0.3 is 0 Å². The van der Waals surface area contributed by atoms with Crippen LogP contribution in [0.3, 0.4) is 0 Å². The Hall–Kier alpha value is -3.44. The lowest BCUT2D eigenvalue weighted by molar-refractivity contribution is 0.312. The highest BCUT2D eigenvalue weighted by molar-refractivity contribution is 5.65. The molecule has 1 aromatic carbocycles. The van der Waals surface area contributed by atoms with Crippen LogP contribution in [-0.2, 0) is 0 Å². The third kappa shape index (κ3) is 3.94. The molecule has 28 heavy (non-hydrogen) atoms. The van der Waals surface area contributed by atoms with Crippen LogP contribution in [0.25, 0.3) is 11.4 Å². The molecule has 0 atom stereocenters. The molecule has 3 heterocycles. The average Bonchev–Trinajstić information content (AvgIpc) is 3.13. The van der Waals surface area contributed by atoms with E-state index < -0.39 is 0 Å². The Bertz CT molecular complexity index is 994. The number of piperazine rings is 1. The molecule has 3 aromatic rings. The first-order chi connectivity index (χ1) is 13.6. The molecular formula is C20H22N8. The summed E-state index contributed by atoms with van der Waals surface area (Å²) in [6, 6.07) is 13.4. The molecule has 0 aliphatic carbocycles. The van der Waals surface area contributed by atoms with E-state index in [9.17, 15) is 0 Å². The fraction of sp³-hybridized carbons (Fsp3) is 0.300. The quantitative estimate of drug-likeness (QED) is 0.724. The summed E-state index contributed by atoms with van der Waals surface area (Å²) >= 11 is 0. The van der Waals surface area contributed by atoms with Gasteiger partial charge in [0, 0.05) is 49.6 Å². The van der Waals surface area contributed by atoms with Crippen LogP contribution >= 0.6 is 0 Å². The first-order valence-electron chi connectivity index (χ1n) is 9.23. The van der Waals surface area contributed by atoms with Crippen LogP contribution in [0.2, 0.25) is 0 Å². The van der Waals surface area contributed by atoms with E-state index in [1.165, 1.54) is 0 Å². The number of rotatable bonds is 4. The van der Waals surface area contributed by atoms with Gasteiger partial charge in [-0.05, 0) is 38.2 Å². The Balaban J connectivity index is 1.70. The van der Waals surface area contributed by atoms with Crippen LogP contribution in [0.5, 0.6) is 0 Å². The van der Waals surface area contributed by atoms with Crippen molar-refractivity contribution in [1.29, 1.82) is 5.26 Å². The molecule has 0 bridgehead atoms. The lowest BCUT2D eigenvalue weighted by Crippen LogP contribution is -2.44. The van der Waals surface area contributed by atoms with E-state index in [-0.39, 0.29) is 0 Å². The summed E-state index contributed by atoms with van der Waals surface area (Å²) in [5, 5.41) is 19.5. The first-order valence-corrected chi connectivity index (χ1v) is 9.23. The zero-order chi connectivity index (χ0) is 19.5. The maximum Gasteiger partial charge on any atom is 0.163 e. The van der Waals surface area contributed by atoms with E-state index in [0.29, 0.717) is 23.0 Å². The summed E-state index contributed by atoms with van der Waals surface area (Å²) in [6.45, 7) is 5.79. The Morgan fingerprint density at radius 3 is 2.43 bits per heavy atom. The van der Waals surface area contributed by atoms with Gasteiger partial charge in [0.25, 0.3) is 0 Å². The van der Waals surface area contributed by atoms with Gasteiger partial charge in [-0.2, -0.15) is 10.4 Å². The van der Waals surface area contributed by atoms with E-state index in [4.69, 9.17) is 10.2 Å². The molecule has 1 aliphatic rings. The molecule has 4 rings (SSSR count). The van der Waals surface area contributed by atoms with Gasteiger partial charge in [0.1, 0.15) is 11.6 Å². The number of nitrogens with zero attached hydrogens (tertiary/aromatic N) is 6. The van der Waals surface area contributed by atoms with Crippen LogP contribution < -0.4 is 10.2 Å². The summed E-state index contributed by atoms with van der Waals surface area (Å²) in [7, 11) is 2.13. The van der Waals surface area contributed by atoms with E-state index >= 15 is 0 Å². The van der Waals surface area contributed by atoms with Gasteiger partial charge in [-0.15, -0.1) is 0 Å². The van der Waals surface area contributed by atoms with Gasteiger partial charge in [0.2, 0.25) is 0 Å². The molecule has 0 saturated carbocycles. The molecule has 8 heteroatoms. The molecule has 0 radical (unpaired) electrons. The number of benzene rings is 1. The standard InChI is InChI=1S/C20H22N8/c1-14-11-18(26-25-14)22-17-12-19(28-9-7-27(2)8-10-28)24-20(23-17)16-5-3-15(13-21)4-6-16/h3-6,11-12H,7-10H2,1-2H3,(H2,22,23,24,25,26). The number of aryl methyl sites for hydroxylation is 1. The number of nitrogens with one attached hydrogen (secondary N) is 2. The first kappa shape index (κ1) is 17.9. The van der Waals surface area contributed by atoms with Gasteiger partial charge < -0.3 is 15.1 Å². The van der Waals surface area contributed by atoms with Gasteiger partial charge in [-0.25, -0.2) is 9.97 Å². The predicted molar refractivity (Wildman–Crippen MR) is 109 cm³/mol. The third-order valence-electron chi connectivity index (χ3n) is 4.77. The summed E-state index contributed by atoms with van der Waals surface area (Å²) in [4.78, 5) is 14.1. The van der Waals surface area contributed by atoms with Crippen molar-refractivity contribution < 1.29 is 0 Å². The van der Waals surface area contributed by atoms with Crippen molar-refractivity contribution >= 4 is 17.5 Å². The predicted octanol–water partition coefficient (Wildman–Crippen LogP) is 2.54. The van der Waals surface area contributed by atoms with Crippen molar-refractivity contribution in [2.45, 2.75) is 6.92 Å². The molecule has 1 aliphatic heterocycles. The molecule has 0 amide bonds. The molecule has 2 aromatic heterocycles. The fourth-order valence-corrected chi connectivity index (χ4v) is 3.13. The van der Waals surface area contributed by atoms with Crippen molar-refractivity contribution in [1.82, 2.24) is 25.1 Å². The highest BCUT2D eigenvalue weighted by Crippen LogP contribution is 2.25. The topological polar surface area (TPSA) is 96.8 Å². The van der Waals surface area contributed by atoms with Crippen LogP contribution in [-0.4, -0.2) is 58.3 Å². The van der Waals surface area contributed by atoms with Crippen molar-refractivity contribution in [3.05, 3.63) is 47.7 Å². The molecule has 2 N–H and O–H groups in total. The van der Waals surface area contributed by atoms with E-state index in [1.807, 2.05) is 31.2 Å². The average molecular weight is 374 g/mol. The second-order valence-corrected chi connectivity index (χ2v) is 6.98. The van der Waals surface area contributed by atoms with Crippen molar-refractivity contribution in [3.8, 4) is 17.5 Å². The Morgan fingerprint density at radius 1 is 1.04 bits per heavy atom. The lowest BCUT2D eigenvalue weighted by Gasteiger charge is -2.33. The molecule has 8 nitrogen and oxygen atoms in total. The van der Waals surface area contributed by atoms with E-state index in [1.54, 1.807) is 12.1 Å². The highest BCUT2D eigenvalue weighted by Gasteiger charge is 2.18. The number of nitriles is 1. The number of aromatic amines is 1. The molecule has 1 saturated heterocycles. The number of aromatic nitrogens is 4. The maximum absolute atomic E-state index is 9.03. The highest BCUT2D eigenvalue weighted by atomic mass is 15.3. The van der Waals surface area contributed by atoms with Crippen LogP contribution in [0.1, 0.15) is 11.3 Å². The van der Waals surface area contributed by atoms with Crippen LogP contribution in [0.4, 0.5) is 17.5 Å². The monoisotopic (exact) mass is 374 g/mol. The van der Waals surface area contributed by atoms with Gasteiger partial charge in [0.15, 0.2) is 11.6 Å². The minimum Gasteiger partial charge on any atom is -0.354 e. The van der Waals surface area contributed by atoms with Crippen molar-refractivity contribution in [2.75, 3.05) is 43.4 Å². The normalized spacial score (nSPS) is 14.7. The summed E-state index contributed by atoms with van der Waals surface area (Å²) in [5.74, 6) is 2.91. The number of hydrogen-bond donors (Lipinski definition) is 2. The SMILES string of the molecule is Cc1cc(Nc2cc(N3CCN(C)CC3)nc(-c3ccc(C#N)cc3)n2)n[nH]1. The summed E-state index contributed by atoms with van der Waals surface area (Å²) in [5.41, 5.74) is 2.46. The summed E-state index contributed by atoms with van der Waals surface area (Å²) in [6.07, 6.45) is 0. The lowest BCUT2D eigenvalue weighted by atomic mass is 10.1. The maximum atomic E-state index is 9.03. The van der Waals surface area contributed by atoms with Gasteiger partial charge in [0.05, 0.1) is 11.6 Å². The minimum absolute atomic E-state index is 0.615. The van der Waals surface area contributed by atoms with Crippen LogP contribution in [0, 0.1) is 18.3 Å². The van der Waals surface area contributed by atoms with E-state index in [2.05, 4.69) is 43.4 Å². The van der Waals surface area contributed by atoms with Crippen molar-refractivity contribution in [2.24, 2.45) is 0 Å². The molecule has 0 spiro atoms. The molecule has 1 fully saturated rings. The van der Waals surface area contributed by atoms with Gasteiger partial charge in [-0.3, -0.25) is 5.10 Å². The van der Waals surface area contributed by atoms with E-state index in [0.717, 1.165) is 43.3 Å². The third-order valence-corrected chi connectivity index (χ3v) is 4.77. The Kier molecular flexibility index (Phi) is 4.91. The number of hydrogen-bond acceptors (Lipinski definition) is 7. The zero-order valence-electron chi connectivity index (χ0n) is 16.0. The van der Waals surface area contributed by atoms with Gasteiger partial charge in [-0.1, -0.05) is 0 Å². The second-order valence-electron chi connectivity index (χ2n) is 6.98. The number of anilines is 3. The Morgan fingerprint density at radius 2 is 1.79 bits per heavy atom. The smallest absolute Gasteiger partial charge is 0.163 e. The zero-order valence-corrected chi connectivity index (χ0v) is 16.0. The number of H-pyrrole nitrogens is 1. The van der Waals surface area contributed by atoms with Crippen LogP contribution in [0.15, 0.2) is 36.4 Å². The number of likely N-dealkylation sites (N-methyl/N-ethyl adjacent to an activating group) is 1. The molecule has 142 valence electrons. The fourth-order valence-electron chi connectivity index (χ4n) is 3.13. The molecule has 0 unspecified atom stereocenters. The minimum atomic E-state index is 0.615. The second kappa shape index (κ2) is 7.66. The summed E-state index contributed by atoms with van der Waals surface area (Å²) < 4.78 is 0.